The predicted molar refractivity (Wildman–Crippen MR) is 92.9 cm³/mol. The number of amides is 2. The van der Waals surface area contributed by atoms with Crippen LogP contribution in [0.15, 0.2) is 18.2 Å². The van der Waals surface area contributed by atoms with E-state index in [4.69, 9.17) is 28.9 Å². The number of nitrogens with two attached hydrogens (primary N) is 1. The van der Waals surface area contributed by atoms with Crippen LogP contribution in [-0.4, -0.2) is 36.3 Å². The van der Waals surface area contributed by atoms with Gasteiger partial charge in [-0.3, -0.25) is 9.59 Å². The second kappa shape index (κ2) is 10.7. The van der Waals surface area contributed by atoms with Crippen LogP contribution in [0.25, 0.3) is 0 Å². The molecule has 1 aromatic carbocycles. The van der Waals surface area contributed by atoms with Crippen LogP contribution in [0, 0.1) is 0 Å². The second-order valence-electron chi connectivity index (χ2n) is 4.53. The lowest BCUT2D eigenvalue weighted by molar-refractivity contribution is -0.134. The Bertz CT molecular complexity index is 512. The van der Waals surface area contributed by atoms with Crippen LogP contribution >= 0.6 is 35.6 Å². The Labute approximate surface area is 146 Å². The van der Waals surface area contributed by atoms with Crippen LogP contribution in [0.1, 0.15) is 19.8 Å². The number of rotatable bonds is 7. The van der Waals surface area contributed by atoms with Crippen molar-refractivity contribution in [3.05, 3.63) is 28.2 Å². The van der Waals surface area contributed by atoms with Gasteiger partial charge in [-0.2, -0.15) is 0 Å². The number of anilines is 1. The van der Waals surface area contributed by atoms with Crippen molar-refractivity contribution < 1.29 is 9.59 Å². The maximum Gasteiger partial charge on any atom is 0.244 e. The molecule has 0 aliphatic carbocycles. The third kappa shape index (κ3) is 6.83. The van der Waals surface area contributed by atoms with E-state index in [1.54, 1.807) is 18.2 Å². The van der Waals surface area contributed by atoms with Gasteiger partial charge in [0.05, 0.1) is 17.3 Å². The standard InChI is InChI=1S/C14H19Cl2N3O2.ClH/c1-2-7-19(14(21)5-6-17)9-13(20)18-12-8-10(15)3-4-11(12)16;/h3-4,8H,2,5-7,9,17H2,1H3,(H,18,20);1H. The summed E-state index contributed by atoms with van der Waals surface area (Å²) in [5, 5.41) is 3.52. The van der Waals surface area contributed by atoms with Crippen LogP contribution in [0.2, 0.25) is 10.0 Å². The average molecular weight is 369 g/mol. The minimum absolute atomic E-state index is 0. The second-order valence-corrected chi connectivity index (χ2v) is 5.37. The van der Waals surface area contributed by atoms with Crippen LogP contribution in [-0.2, 0) is 9.59 Å². The molecule has 0 atom stereocenters. The van der Waals surface area contributed by atoms with Crippen molar-refractivity contribution in [1.82, 2.24) is 4.90 Å². The zero-order chi connectivity index (χ0) is 15.8. The third-order valence-electron chi connectivity index (χ3n) is 2.74. The molecule has 3 N–H and O–H groups in total. The van der Waals surface area contributed by atoms with Gasteiger partial charge < -0.3 is 16.0 Å². The molecule has 0 aliphatic rings. The number of hydrogen-bond donors (Lipinski definition) is 2. The average Bonchev–Trinajstić information content (AvgIpc) is 2.42. The number of carbonyl (C=O) groups excluding carboxylic acids is 2. The summed E-state index contributed by atoms with van der Waals surface area (Å²) in [4.78, 5) is 25.4. The topological polar surface area (TPSA) is 75.4 Å². The first-order valence-electron chi connectivity index (χ1n) is 6.70. The first kappa shape index (κ1) is 21.0. The van der Waals surface area contributed by atoms with Crippen molar-refractivity contribution in [2.45, 2.75) is 19.8 Å². The van der Waals surface area contributed by atoms with Gasteiger partial charge in [-0.25, -0.2) is 0 Å². The molecular formula is C14H20Cl3N3O2. The lowest BCUT2D eigenvalue weighted by Gasteiger charge is -2.21. The Morgan fingerprint density at radius 2 is 2.00 bits per heavy atom. The summed E-state index contributed by atoms with van der Waals surface area (Å²) in [5.41, 5.74) is 5.80. The summed E-state index contributed by atoms with van der Waals surface area (Å²) in [6.45, 7) is 2.68. The van der Waals surface area contributed by atoms with Crippen molar-refractivity contribution in [3.8, 4) is 0 Å². The van der Waals surface area contributed by atoms with Crippen molar-refractivity contribution >= 4 is 53.1 Å². The molecule has 8 heteroatoms. The van der Waals surface area contributed by atoms with Crippen molar-refractivity contribution in [2.75, 3.05) is 25.0 Å². The number of nitrogens with zero attached hydrogens (tertiary/aromatic N) is 1. The lowest BCUT2D eigenvalue weighted by atomic mass is 10.3. The fourth-order valence-electron chi connectivity index (χ4n) is 1.80. The van der Waals surface area contributed by atoms with E-state index in [1.807, 2.05) is 6.92 Å². The number of halogens is 3. The van der Waals surface area contributed by atoms with E-state index < -0.39 is 0 Å². The fraction of sp³-hybridized carbons (Fsp3) is 0.429. The summed E-state index contributed by atoms with van der Waals surface area (Å²) in [6, 6.07) is 4.80. The lowest BCUT2D eigenvalue weighted by Crippen LogP contribution is -2.39. The van der Waals surface area contributed by atoms with Gasteiger partial charge in [0.25, 0.3) is 0 Å². The van der Waals surface area contributed by atoms with Gasteiger partial charge in [0.15, 0.2) is 0 Å². The Morgan fingerprint density at radius 1 is 1.32 bits per heavy atom. The van der Waals surface area contributed by atoms with Crippen LogP contribution in [0.5, 0.6) is 0 Å². The molecular weight excluding hydrogens is 349 g/mol. The molecule has 0 spiro atoms. The minimum atomic E-state index is -0.321. The van der Waals surface area contributed by atoms with Crippen LogP contribution in [0.4, 0.5) is 5.69 Å². The molecule has 22 heavy (non-hydrogen) atoms. The van der Waals surface area contributed by atoms with Crippen molar-refractivity contribution in [3.63, 3.8) is 0 Å². The Balaban J connectivity index is 0.00000441. The summed E-state index contributed by atoms with van der Waals surface area (Å²) < 4.78 is 0. The third-order valence-corrected chi connectivity index (χ3v) is 3.31. The van der Waals surface area contributed by atoms with Gasteiger partial charge in [-0.05, 0) is 24.6 Å². The predicted octanol–water partition coefficient (Wildman–Crippen LogP) is 2.94. The molecule has 0 saturated carbocycles. The normalized spacial score (nSPS) is 9.82. The highest BCUT2D eigenvalue weighted by Crippen LogP contribution is 2.25. The van der Waals surface area contributed by atoms with Crippen molar-refractivity contribution in [2.24, 2.45) is 5.73 Å². The van der Waals surface area contributed by atoms with E-state index >= 15 is 0 Å². The number of hydrogen-bond acceptors (Lipinski definition) is 3. The molecule has 0 aromatic heterocycles. The van der Waals surface area contributed by atoms with Gasteiger partial charge in [0.2, 0.25) is 11.8 Å². The highest BCUT2D eigenvalue weighted by atomic mass is 35.5. The number of benzene rings is 1. The molecule has 0 fully saturated rings. The molecule has 1 rings (SSSR count). The maximum atomic E-state index is 12.0. The molecule has 2 amide bonds. The summed E-state index contributed by atoms with van der Waals surface area (Å²) >= 11 is 11.8. The van der Waals surface area contributed by atoms with Crippen LogP contribution in [0.3, 0.4) is 0 Å². The van der Waals surface area contributed by atoms with E-state index in [1.165, 1.54) is 4.90 Å². The molecule has 5 nitrogen and oxygen atoms in total. The number of carbonyl (C=O) groups is 2. The largest absolute Gasteiger partial charge is 0.333 e. The molecule has 0 aliphatic heterocycles. The van der Waals surface area contributed by atoms with E-state index in [2.05, 4.69) is 5.32 Å². The highest BCUT2D eigenvalue weighted by Gasteiger charge is 2.16. The zero-order valence-electron chi connectivity index (χ0n) is 12.3. The fourth-order valence-corrected chi connectivity index (χ4v) is 2.14. The molecule has 0 saturated heterocycles. The highest BCUT2D eigenvalue weighted by molar-refractivity contribution is 6.35. The van der Waals surface area contributed by atoms with E-state index in [0.29, 0.717) is 22.3 Å². The van der Waals surface area contributed by atoms with E-state index in [9.17, 15) is 9.59 Å². The van der Waals surface area contributed by atoms with Gasteiger partial charge in [0.1, 0.15) is 0 Å². The first-order chi connectivity index (χ1) is 9.97. The number of nitrogens with one attached hydrogen (secondary N) is 1. The molecule has 1 aromatic rings. The molecule has 0 radical (unpaired) electrons. The van der Waals surface area contributed by atoms with Crippen molar-refractivity contribution in [1.29, 1.82) is 0 Å². The first-order valence-corrected chi connectivity index (χ1v) is 7.46. The summed E-state index contributed by atoms with van der Waals surface area (Å²) in [5.74, 6) is -0.454. The summed E-state index contributed by atoms with van der Waals surface area (Å²) in [6.07, 6.45) is 0.993. The quantitative estimate of drug-likeness (QED) is 0.777. The minimum Gasteiger partial charge on any atom is -0.333 e. The molecule has 0 bridgehead atoms. The SMILES string of the molecule is CCCN(CC(=O)Nc1cc(Cl)ccc1Cl)C(=O)CCN.Cl. The summed E-state index contributed by atoms with van der Waals surface area (Å²) in [7, 11) is 0. The van der Waals surface area contributed by atoms with Gasteiger partial charge in [0, 0.05) is 24.5 Å². The smallest absolute Gasteiger partial charge is 0.244 e. The molecule has 0 unspecified atom stereocenters. The Morgan fingerprint density at radius 3 is 2.59 bits per heavy atom. The van der Waals surface area contributed by atoms with Gasteiger partial charge in [-0.1, -0.05) is 30.1 Å². The van der Waals surface area contributed by atoms with Crippen LogP contribution < -0.4 is 11.1 Å². The molecule has 124 valence electrons. The maximum absolute atomic E-state index is 12.0. The monoisotopic (exact) mass is 367 g/mol. The Kier molecular flexibility index (Phi) is 10.2. The van der Waals surface area contributed by atoms with E-state index in [0.717, 1.165) is 6.42 Å². The molecule has 0 heterocycles. The zero-order valence-corrected chi connectivity index (χ0v) is 14.6. The van der Waals surface area contributed by atoms with Gasteiger partial charge >= 0.3 is 0 Å². The Hall–Kier alpha value is -1.01. The van der Waals surface area contributed by atoms with E-state index in [-0.39, 0.29) is 43.7 Å². The van der Waals surface area contributed by atoms with Gasteiger partial charge in [-0.15, -0.1) is 12.4 Å².